The summed E-state index contributed by atoms with van der Waals surface area (Å²) in [6.45, 7) is 0.671. The molecule has 1 heterocycles. The predicted molar refractivity (Wildman–Crippen MR) is 148 cm³/mol. The summed E-state index contributed by atoms with van der Waals surface area (Å²) in [6, 6.07) is 12.4. The number of carboxylic acid groups (broad SMARTS) is 1. The fraction of sp³-hybridized carbons (Fsp3) is 0.321. The van der Waals surface area contributed by atoms with E-state index in [0.717, 1.165) is 0 Å². The molecule has 1 saturated heterocycles. The molecular formula is C28H29Cl2N3O6. The van der Waals surface area contributed by atoms with Crippen molar-refractivity contribution in [3.63, 3.8) is 0 Å². The average molecular weight is 574 g/mol. The molecule has 1 fully saturated rings. The lowest BCUT2D eigenvalue weighted by atomic mass is 9.93. The summed E-state index contributed by atoms with van der Waals surface area (Å²) in [5.41, 5.74) is 1.16. The van der Waals surface area contributed by atoms with E-state index >= 15 is 0 Å². The predicted octanol–water partition coefficient (Wildman–Crippen LogP) is 5.27. The summed E-state index contributed by atoms with van der Waals surface area (Å²) in [6.07, 6.45) is 4.90. The van der Waals surface area contributed by atoms with Crippen molar-refractivity contribution in [1.82, 2.24) is 10.2 Å². The van der Waals surface area contributed by atoms with Crippen LogP contribution in [0.2, 0.25) is 5.02 Å². The van der Waals surface area contributed by atoms with Gasteiger partial charge in [0.15, 0.2) is 0 Å². The lowest BCUT2D eigenvalue weighted by Crippen LogP contribution is -2.40. The van der Waals surface area contributed by atoms with Crippen molar-refractivity contribution in [3.05, 3.63) is 82.7 Å². The van der Waals surface area contributed by atoms with Gasteiger partial charge in [0.1, 0.15) is 18.1 Å². The Kier molecular flexibility index (Phi) is 9.37. The number of nitrogens with zero attached hydrogens (tertiary/aromatic N) is 1. The van der Waals surface area contributed by atoms with Crippen LogP contribution in [0.5, 0.6) is 5.75 Å². The Morgan fingerprint density at radius 3 is 2.54 bits per heavy atom. The van der Waals surface area contributed by atoms with Gasteiger partial charge in [0.05, 0.1) is 40.5 Å². The normalized spacial score (nSPS) is 20.5. The molecule has 39 heavy (non-hydrogen) atoms. The van der Waals surface area contributed by atoms with Crippen molar-refractivity contribution in [2.24, 2.45) is 5.92 Å². The quantitative estimate of drug-likeness (QED) is 0.352. The zero-order valence-corrected chi connectivity index (χ0v) is 22.7. The van der Waals surface area contributed by atoms with Crippen LogP contribution in [0, 0.1) is 5.92 Å². The van der Waals surface area contributed by atoms with Crippen molar-refractivity contribution in [2.75, 3.05) is 25.6 Å². The van der Waals surface area contributed by atoms with Gasteiger partial charge in [-0.1, -0.05) is 29.8 Å². The number of likely N-dealkylation sites (tertiary alicyclic amines) is 1. The molecule has 1 aliphatic carbocycles. The van der Waals surface area contributed by atoms with Crippen LogP contribution in [0.25, 0.3) is 0 Å². The second-order valence-electron chi connectivity index (χ2n) is 9.30. The highest BCUT2D eigenvalue weighted by atomic mass is 35.5. The number of rotatable bonds is 9. The van der Waals surface area contributed by atoms with Crippen LogP contribution < -0.4 is 15.4 Å². The number of benzene rings is 2. The summed E-state index contributed by atoms with van der Waals surface area (Å²) in [5.74, 6) is -0.0965. The van der Waals surface area contributed by atoms with E-state index in [-0.39, 0.29) is 41.8 Å². The smallest absolute Gasteiger partial charge is 0.335 e. The number of hydrogen-bond donors (Lipinski definition) is 3. The lowest BCUT2D eigenvalue weighted by Gasteiger charge is -2.27. The highest BCUT2D eigenvalue weighted by Crippen LogP contribution is 2.30. The minimum absolute atomic E-state index is 0.0500. The molecule has 1 aliphatic heterocycles. The molecule has 3 atom stereocenters. The summed E-state index contributed by atoms with van der Waals surface area (Å²) in [7, 11) is 1.52. The Bertz CT molecular complexity index is 1280. The van der Waals surface area contributed by atoms with E-state index in [2.05, 4.69) is 10.6 Å². The van der Waals surface area contributed by atoms with Gasteiger partial charge in [-0.25, -0.2) is 9.59 Å². The Morgan fingerprint density at radius 2 is 1.85 bits per heavy atom. The number of halogens is 2. The minimum Gasteiger partial charge on any atom is -0.499 e. The van der Waals surface area contributed by atoms with Gasteiger partial charge in [-0.15, -0.1) is 11.6 Å². The molecule has 0 spiro atoms. The van der Waals surface area contributed by atoms with Gasteiger partial charge in [-0.2, -0.15) is 0 Å². The first-order valence-electron chi connectivity index (χ1n) is 12.4. The van der Waals surface area contributed by atoms with E-state index in [1.54, 1.807) is 47.4 Å². The Labute approximate surface area is 236 Å². The SMILES string of the molecule is COC1=C(NC(=O)Nc2ccccc2Cl)C=C[C@@H](CC(=O)N2C[C@@H](Cl)C[C@H]2COc2ccc(C(=O)O)cc2)C1. The molecule has 3 amide bonds. The first kappa shape index (κ1) is 28.3. The van der Waals surface area contributed by atoms with Crippen molar-refractivity contribution in [1.29, 1.82) is 0 Å². The van der Waals surface area contributed by atoms with E-state index in [4.69, 9.17) is 37.8 Å². The Morgan fingerprint density at radius 1 is 1.10 bits per heavy atom. The highest BCUT2D eigenvalue weighted by molar-refractivity contribution is 6.33. The molecule has 0 bridgehead atoms. The standard InChI is InChI=1S/C28H29Cl2N3O6/c1-38-25-12-17(6-11-24(25)32-28(37)31-23-5-3-2-4-22(23)30)13-26(34)33-15-19(29)14-20(33)16-39-21-9-7-18(8-10-21)27(35)36/h2-11,17,19-20H,12-16H2,1H3,(H,35,36)(H2,31,32,37)/t17-,19+,20+/m1/s1. The van der Waals surface area contributed by atoms with Crippen LogP contribution in [0.15, 0.2) is 72.1 Å². The zero-order chi connectivity index (χ0) is 27.9. The number of urea groups is 1. The number of aromatic carboxylic acids is 1. The van der Waals surface area contributed by atoms with Gasteiger partial charge in [-0.3, -0.25) is 4.79 Å². The van der Waals surface area contributed by atoms with E-state index < -0.39 is 12.0 Å². The molecule has 2 aliphatic rings. The van der Waals surface area contributed by atoms with Crippen molar-refractivity contribution >= 4 is 46.8 Å². The third-order valence-corrected chi connectivity index (χ3v) is 7.21. The molecule has 0 radical (unpaired) electrons. The third kappa shape index (κ3) is 7.46. The largest absolute Gasteiger partial charge is 0.499 e. The Hall–Kier alpha value is -3.69. The van der Waals surface area contributed by atoms with E-state index in [9.17, 15) is 14.4 Å². The molecule has 206 valence electrons. The second-order valence-corrected chi connectivity index (χ2v) is 10.3. The fourth-order valence-corrected chi connectivity index (χ4v) is 5.11. The number of carboxylic acids is 1. The Balaban J connectivity index is 1.32. The van der Waals surface area contributed by atoms with Gasteiger partial charge >= 0.3 is 12.0 Å². The number of para-hydroxylation sites is 1. The number of allylic oxidation sites excluding steroid dienone is 3. The maximum Gasteiger partial charge on any atom is 0.335 e. The zero-order valence-electron chi connectivity index (χ0n) is 21.2. The summed E-state index contributed by atoms with van der Waals surface area (Å²) in [4.78, 5) is 38.5. The molecule has 4 rings (SSSR count). The number of amides is 3. The first-order valence-corrected chi connectivity index (χ1v) is 13.2. The van der Waals surface area contributed by atoms with Gasteiger partial charge in [0.25, 0.3) is 0 Å². The number of alkyl halides is 1. The number of anilines is 1. The van der Waals surface area contributed by atoms with Crippen molar-refractivity contribution in [2.45, 2.75) is 30.7 Å². The van der Waals surface area contributed by atoms with Gasteiger partial charge in [-0.05, 0) is 54.8 Å². The molecular weight excluding hydrogens is 545 g/mol. The maximum absolute atomic E-state index is 13.3. The van der Waals surface area contributed by atoms with Crippen LogP contribution in [0.3, 0.4) is 0 Å². The number of methoxy groups -OCH3 is 1. The topological polar surface area (TPSA) is 117 Å². The molecule has 0 unspecified atom stereocenters. The summed E-state index contributed by atoms with van der Waals surface area (Å²) < 4.78 is 11.4. The number of carbonyl (C=O) groups is 3. The third-order valence-electron chi connectivity index (χ3n) is 6.56. The molecule has 3 N–H and O–H groups in total. The molecule has 11 heteroatoms. The van der Waals surface area contributed by atoms with E-state index in [1.807, 2.05) is 6.08 Å². The molecule has 9 nitrogen and oxygen atoms in total. The van der Waals surface area contributed by atoms with Crippen LogP contribution in [-0.4, -0.2) is 59.6 Å². The lowest BCUT2D eigenvalue weighted by molar-refractivity contribution is -0.133. The highest BCUT2D eigenvalue weighted by Gasteiger charge is 2.35. The second kappa shape index (κ2) is 12.9. The van der Waals surface area contributed by atoms with Crippen LogP contribution in [0.1, 0.15) is 29.6 Å². The fourth-order valence-electron chi connectivity index (χ4n) is 4.58. The van der Waals surface area contributed by atoms with Crippen molar-refractivity contribution < 1.29 is 29.0 Å². The van der Waals surface area contributed by atoms with Crippen LogP contribution in [0.4, 0.5) is 10.5 Å². The van der Waals surface area contributed by atoms with Crippen LogP contribution >= 0.6 is 23.2 Å². The average Bonchev–Trinajstić information content (AvgIpc) is 3.30. The van der Waals surface area contributed by atoms with E-state index in [0.29, 0.717) is 47.3 Å². The maximum atomic E-state index is 13.3. The number of carbonyl (C=O) groups excluding carboxylic acids is 2. The molecule has 0 saturated carbocycles. The minimum atomic E-state index is -1.01. The number of nitrogens with one attached hydrogen (secondary N) is 2. The number of ether oxygens (including phenoxy) is 2. The van der Waals surface area contributed by atoms with Crippen molar-refractivity contribution in [3.8, 4) is 5.75 Å². The number of hydrogen-bond acceptors (Lipinski definition) is 5. The molecule has 2 aromatic rings. The molecule has 2 aromatic carbocycles. The van der Waals surface area contributed by atoms with Gasteiger partial charge in [0, 0.05) is 19.4 Å². The van der Waals surface area contributed by atoms with Gasteiger partial charge < -0.3 is 30.1 Å². The monoisotopic (exact) mass is 573 g/mol. The van der Waals surface area contributed by atoms with Crippen LogP contribution in [-0.2, 0) is 9.53 Å². The van der Waals surface area contributed by atoms with Gasteiger partial charge in [0.2, 0.25) is 5.91 Å². The van der Waals surface area contributed by atoms with E-state index in [1.165, 1.54) is 19.2 Å². The summed E-state index contributed by atoms with van der Waals surface area (Å²) in [5, 5.41) is 14.8. The molecule has 0 aromatic heterocycles. The first-order chi connectivity index (χ1) is 18.7. The summed E-state index contributed by atoms with van der Waals surface area (Å²) >= 11 is 12.5.